The number of hydrogen-bond acceptors (Lipinski definition) is 5. The second kappa shape index (κ2) is 8.19. The van der Waals surface area contributed by atoms with Gasteiger partial charge < -0.3 is 14.2 Å². The van der Waals surface area contributed by atoms with Gasteiger partial charge in [-0.15, -0.1) is 0 Å². The Morgan fingerprint density at radius 1 is 1.20 bits per heavy atom. The van der Waals surface area contributed by atoms with Gasteiger partial charge in [-0.3, -0.25) is 9.59 Å². The number of carbonyl (C=O) groups is 2. The average molecular weight is 279 g/mol. The first-order valence-electron chi connectivity index (χ1n) is 6.39. The van der Waals surface area contributed by atoms with Crippen LogP contribution in [0.3, 0.4) is 0 Å². The van der Waals surface area contributed by atoms with E-state index >= 15 is 0 Å². The summed E-state index contributed by atoms with van der Waals surface area (Å²) in [6.07, 6.45) is 2.73. The molecule has 1 radical (unpaired) electrons. The molecule has 1 aromatic rings. The van der Waals surface area contributed by atoms with Gasteiger partial charge in [-0.25, -0.2) is 0 Å². The first kappa shape index (κ1) is 16.0. The number of unbranched alkanes of at least 4 members (excludes halogenated alkanes) is 1. The lowest BCUT2D eigenvalue weighted by atomic mass is 10.1. The minimum Gasteiger partial charge on any atom is -0.497 e. The summed E-state index contributed by atoms with van der Waals surface area (Å²) < 4.78 is 14.9. The van der Waals surface area contributed by atoms with Crippen molar-refractivity contribution in [3.8, 4) is 11.5 Å². The van der Waals surface area contributed by atoms with Crippen LogP contribution in [0.15, 0.2) is 18.2 Å². The molecular weight excluding hydrogens is 260 g/mol. The normalized spacial score (nSPS) is 9.95. The Hall–Kier alpha value is -2.04. The van der Waals surface area contributed by atoms with Crippen molar-refractivity contribution < 1.29 is 23.8 Å². The molecule has 0 amide bonds. The summed E-state index contributed by atoms with van der Waals surface area (Å²) in [5, 5.41) is 0. The maximum Gasteiger partial charge on any atom is 0.318 e. The molecule has 5 nitrogen and oxygen atoms in total. The predicted molar refractivity (Wildman–Crippen MR) is 73.6 cm³/mol. The van der Waals surface area contributed by atoms with E-state index in [9.17, 15) is 9.59 Å². The van der Waals surface area contributed by atoms with E-state index in [1.54, 1.807) is 18.2 Å². The summed E-state index contributed by atoms with van der Waals surface area (Å²) in [6.45, 7) is 1.94. The van der Waals surface area contributed by atoms with E-state index < -0.39 is 11.9 Å². The summed E-state index contributed by atoms with van der Waals surface area (Å²) in [5.41, 5.74) is 0.611. The third kappa shape index (κ3) is 4.91. The molecule has 0 fully saturated rings. The monoisotopic (exact) mass is 279 g/mol. The first-order chi connectivity index (χ1) is 9.60. The van der Waals surface area contributed by atoms with Gasteiger partial charge in [-0.05, 0) is 24.6 Å². The van der Waals surface area contributed by atoms with Crippen molar-refractivity contribution in [3.05, 3.63) is 30.2 Å². The second-order valence-electron chi connectivity index (χ2n) is 4.14. The average Bonchev–Trinajstić information content (AvgIpc) is 2.44. The smallest absolute Gasteiger partial charge is 0.318 e. The molecule has 0 aromatic heterocycles. The third-order valence-corrected chi connectivity index (χ3v) is 2.64. The molecule has 0 bridgehead atoms. The summed E-state index contributed by atoms with van der Waals surface area (Å²) in [6, 6.07) is 5.11. The van der Waals surface area contributed by atoms with Crippen molar-refractivity contribution in [2.75, 3.05) is 14.2 Å². The van der Waals surface area contributed by atoms with Crippen LogP contribution in [0.1, 0.15) is 25.3 Å². The molecule has 0 atom stereocenters. The SMILES string of the molecule is CCC[CH]C(=O)OC(=O)Cc1cc(OC)ccc1OC. The Morgan fingerprint density at radius 3 is 2.55 bits per heavy atom. The largest absolute Gasteiger partial charge is 0.497 e. The Labute approximate surface area is 118 Å². The molecule has 109 valence electrons. The highest BCUT2D eigenvalue weighted by atomic mass is 16.6. The minimum atomic E-state index is -0.617. The van der Waals surface area contributed by atoms with Crippen LogP contribution in [-0.2, 0) is 20.7 Å². The fourth-order valence-electron chi connectivity index (χ4n) is 1.63. The fraction of sp³-hybridized carbons (Fsp3) is 0.400. The molecular formula is C15H19O5. The lowest BCUT2D eigenvalue weighted by Gasteiger charge is -2.09. The van der Waals surface area contributed by atoms with Crippen LogP contribution in [0.25, 0.3) is 0 Å². The second-order valence-corrected chi connectivity index (χ2v) is 4.14. The van der Waals surface area contributed by atoms with Crippen molar-refractivity contribution in [1.29, 1.82) is 0 Å². The quantitative estimate of drug-likeness (QED) is 0.566. The molecule has 0 N–H and O–H groups in total. The molecule has 1 aromatic carbocycles. The molecule has 0 spiro atoms. The number of carbonyl (C=O) groups excluding carboxylic acids is 2. The lowest BCUT2D eigenvalue weighted by molar-refractivity contribution is -0.156. The van der Waals surface area contributed by atoms with E-state index in [0.29, 0.717) is 23.5 Å². The molecule has 0 saturated carbocycles. The van der Waals surface area contributed by atoms with Gasteiger partial charge in [-0.1, -0.05) is 13.3 Å². The maximum atomic E-state index is 11.7. The van der Waals surface area contributed by atoms with Crippen LogP contribution in [0.5, 0.6) is 11.5 Å². The third-order valence-electron chi connectivity index (χ3n) is 2.64. The summed E-state index contributed by atoms with van der Waals surface area (Å²) in [4.78, 5) is 23.0. The topological polar surface area (TPSA) is 61.8 Å². The van der Waals surface area contributed by atoms with E-state index in [-0.39, 0.29) is 6.42 Å². The molecule has 5 heteroatoms. The predicted octanol–water partition coefficient (Wildman–Crippen LogP) is 2.32. The molecule has 20 heavy (non-hydrogen) atoms. The van der Waals surface area contributed by atoms with E-state index in [1.165, 1.54) is 20.6 Å². The molecule has 0 unspecified atom stereocenters. The van der Waals surface area contributed by atoms with E-state index in [0.717, 1.165) is 6.42 Å². The Kier molecular flexibility index (Phi) is 6.56. The Morgan fingerprint density at radius 2 is 1.95 bits per heavy atom. The zero-order valence-electron chi connectivity index (χ0n) is 12.0. The zero-order chi connectivity index (χ0) is 15.0. The minimum absolute atomic E-state index is 0.0495. The van der Waals surface area contributed by atoms with Gasteiger partial charge in [0.25, 0.3) is 0 Å². The molecule has 0 heterocycles. The Bertz CT molecular complexity index is 467. The summed E-state index contributed by atoms with van der Waals surface area (Å²) >= 11 is 0. The van der Waals surface area contributed by atoms with Gasteiger partial charge in [-0.2, -0.15) is 0 Å². The molecule has 0 saturated heterocycles. The fourth-order valence-corrected chi connectivity index (χ4v) is 1.63. The molecule has 0 aliphatic heterocycles. The number of hydrogen-bond donors (Lipinski definition) is 0. The van der Waals surface area contributed by atoms with Crippen molar-refractivity contribution in [2.24, 2.45) is 0 Å². The van der Waals surface area contributed by atoms with Gasteiger partial charge >= 0.3 is 11.9 Å². The van der Waals surface area contributed by atoms with Gasteiger partial charge in [0, 0.05) is 5.56 Å². The number of methoxy groups -OCH3 is 2. The highest BCUT2D eigenvalue weighted by Gasteiger charge is 2.14. The van der Waals surface area contributed by atoms with Crippen LogP contribution in [0.4, 0.5) is 0 Å². The van der Waals surface area contributed by atoms with Crippen LogP contribution in [-0.4, -0.2) is 26.2 Å². The number of benzene rings is 1. The highest BCUT2D eigenvalue weighted by Crippen LogP contribution is 2.24. The van der Waals surface area contributed by atoms with Crippen LogP contribution < -0.4 is 9.47 Å². The number of esters is 2. The van der Waals surface area contributed by atoms with Crippen molar-refractivity contribution in [3.63, 3.8) is 0 Å². The van der Waals surface area contributed by atoms with E-state index in [2.05, 4.69) is 0 Å². The number of ether oxygens (including phenoxy) is 3. The standard InChI is InChI=1S/C15H19O5/c1-4-5-6-14(16)20-15(17)10-11-9-12(18-2)7-8-13(11)19-3/h6-9H,4-5,10H2,1-3H3. The maximum absolute atomic E-state index is 11.7. The Balaban J connectivity index is 2.67. The van der Waals surface area contributed by atoms with Gasteiger partial charge in [0.2, 0.25) is 0 Å². The summed E-state index contributed by atoms with van der Waals surface area (Å²) in [5.74, 6) is -0.0715. The van der Waals surface area contributed by atoms with Crippen LogP contribution in [0, 0.1) is 6.42 Å². The highest BCUT2D eigenvalue weighted by molar-refractivity contribution is 5.91. The van der Waals surface area contributed by atoms with E-state index in [1.807, 2.05) is 6.92 Å². The van der Waals surface area contributed by atoms with Crippen LogP contribution >= 0.6 is 0 Å². The van der Waals surface area contributed by atoms with E-state index in [4.69, 9.17) is 14.2 Å². The van der Waals surface area contributed by atoms with Crippen molar-refractivity contribution >= 4 is 11.9 Å². The van der Waals surface area contributed by atoms with Crippen molar-refractivity contribution in [1.82, 2.24) is 0 Å². The van der Waals surface area contributed by atoms with Gasteiger partial charge in [0.15, 0.2) is 0 Å². The van der Waals surface area contributed by atoms with Crippen LogP contribution in [0.2, 0.25) is 0 Å². The summed E-state index contributed by atoms with van der Waals surface area (Å²) in [7, 11) is 3.05. The zero-order valence-corrected chi connectivity index (χ0v) is 12.0. The molecule has 1 rings (SSSR count). The van der Waals surface area contributed by atoms with Crippen molar-refractivity contribution in [2.45, 2.75) is 26.2 Å². The van der Waals surface area contributed by atoms with Gasteiger partial charge in [0.05, 0.1) is 27.1 Å². The molecule has 0 aliphatic carbocycles. The lowest BCUT2D eigenvalue weighted by Crippen LogP contribution is -2.15. The number of rotatable bonds is 7. The first-order valence-corrected chi connectivity index (χ1v) is 6.39. The van der Waals surface area contributed by atoms with Gasteiger partial charge in [0.1, 0.15) is 11.5 Å². The molecule has 0 aliphatic rings.